The van der Waals surface area contributed by atoms with Crippen molar-refractivity contribution < 1.29 is 4.39 Å². The molecule has 1 saturated heterocycles. The van der Waals surface area contributed by atoms with Crippen LogP contribution in [0.3, 0.4) is 0 Å². The molecule has 0 radical (unpaired) electrons. The normalized spacial score (nSPS) is 14.9. The van der Waals surface area contributed by atoms with Crippen molar-refractivity contribution in [3.63, 3.8) is 0 Å². The van der Waals surface area contributed by atoms with Crippen molar-refractivity contribution in [3.05, 3.63) is 18.2 Å². The topological polar surface area (TPSA) is 55.0 Å². The molecule has 1 fully saturated rings. The molecule has 1 aliphatic heterocycles. The van der Waals surface area contributed by atoms with Crippen LogP contribution >= 0.6 is 0 Å². The van der Waals surface area contributed by atoms with Crippen molar-refractivity contribution >= 4 is 5.95 Å². The summed E-state index contributed by atoms with van der Waals surface area (Å²) in [7, 11) is 1.50. The summed E-state index contributed by atoms with van der Waals surface area (Å²) in [5.41, 5.74) is 4.50. The Labute approximate surface area is 83.0 Å². The van der Waals surface area contributed by atoms with Gasteiger partial charge >= 0.3 is 0 Å². The molecular formula is C9H15FN4. The van der Waals surface area contributed by atoms with E-state index in [0.717, 1.165) is 13.1 Å². The first kappa shape index (κ1) is 10.8. The van der Waals surface area contributed by atoms with Crippen LogP contribution in [0.15, 0.2) is 12.4 Å². The fraction of sp³-hybridized carbons (Fsp3) is 0.556. The highest BCUT2D eigenvalue weighted by molar-refractivity contribution is 5.29. The standard InChI is InChI=1S/C8H10FN3.CH5N/c9-7-5-10-8(11-6-7)12-3-1-2-4-12;1-2/h5-6H,1-4H2;2H2,1H3. The Hall–Kier alpha value is -1.23. The van der Waals surface area contributed by atoms with Gasteiger partial charge < -0.3 is 10.6 Å². The second kappa shape index (κ2) is 5.49. The molecule has 0 saturated carbocycles. The van der Waals surface area contributed by atoms with E-state index in [1.165, 1.54) is 32.3 Å². The van der Waals surface area contributed by atoms with E-state index in [-0.39, 0.29) is 5.82 Å². The Morgan fingerprint density at radius 3 is 2.21 bits per heavy atom. The van der Waals surface area contributed by atoms with Crippen LogP contribution in [0, 0.1) is 5.82 Å². The summed E-state index contributed by atoms with van der Waals surface area (Å²) in [6.45, 7) is 1.98. The summed E-state index contributed by atoms with van der Waals surface area (Å²) in [4.78, 5) is 9.87. The van der Waals surface area contributed by atoms with Crippen molar-refractivity contribution in [2.24, 2.45) is 5.73 Å². The van der Waals surface area contributed by atoms with E-state index in [2.05, 4.69) is 20.6 Å². The molecular weight excluding hydrogens is 183 g/mol. The molecule has 0 aliphatic carbocycles. The molecule has 0 amide bonds. The number of halogens is 1. The second-order valence-corrected chi connectivity index (χ2v) is 2.90. The summed E-state index contributed by atoms with van der Waals surface area (Å²) in [6, 6.07) is 0. The molecule has 2 heterocycles. The van der Waals surface area contributed by atoms with Gasteiger partial charge in [-0.1, -0.05) is 0 Å². The van der Waals surface area contributed by atoms with E-state index < -0.39 is 0 Å². The van der Waals surface area contributed by atoms with Crippen molar-refractivity contribution in [1.29, 1.82) is 0 Å². The van der Waals surface area contributed by atoms with Crippen LogP contribution in [0.25, 0.3) is 0 Å². The van der Waals surface area contributed by atoms with Crippen LogP contribution in [0.4, 0.5) is 10.3 Å². The maximum Gasteiger partial charge on any atom is 0.225 e. The lowest BCUT2D eigenvalue weighted by molar-refractivity contribution is 0.612. The van der Waals surface area contributed by atoms with E-state index in [1.54, 1.807) is 0 Å². The largest absolute Gasteiger partial charge is 0.341 e. The molecule has 0 spiro atoms. The number of hydrogen-bond acceptors (Lipinski definition) is 4. The van der Waals surface area contributed by atoms with Gasteiger partial charge in [-0.25, -0.2) is 14.4 Å². The molecule has 1 aliphatic rings. The smallest absolute Gasteiger partial charge is 0.225 e. The zero-order chi connectivity index (χ0) is 10.4. The molecule has 0 unspecified atom stereocenters. The molecule has 4 nitrogen and oxygen atoms in total. The average molecular weight is 198 g/mol. The van der Waals surface area contributed by atoms with Gasteiger partial charge in [0.05, 0.1) is 12.4 Å². The monoisotopic (exact) mass is 198 g/mol. The number of anilines is 1. The van der Waals surface area contributed by atoms with Gasteiger partial charge in [-0.2, -0.15) is 0 Å². The SMILES string of the molecule is CN.Fc1cnc(N2CCCC2)nc1. The molecule has 5 heteroatoms. The maximum absolute atomic E-state index is 12.4. The third-order valence-electron chi connectivity index (χ3n) is 2.00. The predicted octanol–water partition coefficient (Wildman–Crippen LogP) is 0.791. The van der Waals surface area contributed by atoms with Crippen molar-refractivity contribution in [2.75, 3.05) is 25.0 Å². The number of nitrogens with zero attached hydrogens (tertiary/aromatic N) is 3. The Morgan fingerprint density at radius 2 is 1.71 bits per heavy atom. The Balaban J connectivity index is 0.000000461. The fourth-order valence-corrected chi connectivity index (χ4v) is 1.39. The number of nitrogens with two attached hydrogens (primary N) is 1. The van der Waals surface area contributed by atoms with Crippen molar-refractivity contribution in [1.82, 2.24) is 9.97 Å². The molecule has 2 N–H and O–H groups in total. The third-order valence-corrected chi connectivity index (χ3v) is 2.00. The third kappa shape index (κ3) is 2.63. The zero-order valence-corrected chi connectivity index (χ0v) is 8.28. The molecule has 0 aromatic carbocycles. The molecule has 78 valence electrons. The number of hydrogen-bond donors (Lipinski definition) is 1. The minimum absolute atomic E-state index is 0.377. The molecule has 0 atom stereocenters. The first-order valence-corrected chi connectivity index (χ1v) is 4.66. The number of aromatic nitrogens is 2. The fourth-order valence-electron chi connectivity index (χ4n) is 1.39. The molecule has 14 heavy (non-hydrogen) atoms. The van der Waals surface area contributed by atoms with Gasteiger partial charge in [-0.05, 0) is 19.9 Å². The quantitative estimate of drug-likeness (QED) is 0.725. The van der Waals surface area contributed by atoms with Crippen LogP contribution in [0.2, 0.25) is 0 Å². The molecule has 0 bridgehead atoms. The highest BCUT2D eigenvalue weighted by Gasteiger charge is 2.13. The van der Waals surface area contributed by atoms with Crippen LogP contribution in [0.5, 0.6) is 0 Å². The second-order valence-electron chi connectivity index (χ2n) is 2.90. The summed E-state index contributed by atoms with van der Waals surface area (Å²) in [6.07, 6.45) is 4.78. The minimum atomic E-state index is -0.377. The highest BCUT2D eigenvalue weighted by atomic mass is 19.1. The van der Waals surface area contributed by atoms with Gasteiger partial charge in [-0.15, -0.1) is 0 Å². The van der Waals surface area contributed by atoms with Crippen LogP contribution in [-0.2, 0) is 0 Å². The van der Waals surface area contributed by atoms with E-state index in [1.807, 2.05) is 0 Å². The van der Waals surface area contributed by atoms with Gasteiger partial charge in [0.15, 0.2) is 5.82 Å². The lowest BCUT2D eigenvalue weighted by Crippen LogP contribution is -2.20. The minimum Gasteiger partial charge on any atom is -0.341 e. The molecule has 1 aromatic rings. The van der Waals surface area contributed by atoms with E-state index in [0.29, 0.717) is 5.95 Å². The Morgan fingerprint density at radius 1 is 1.21 bits per heavy atom. The van der Waals surface area contributed by atoms with E-state index >= 15 is 0 Å². The summed E-state index contributed by atoms with van der Waals surface area (Å²) in [5.74, 6) is 0.270. The average Bonchev–Trinajstić information content (AvgIpc) is 2.75. The van der Waals surface area contributed by atoms with Crippen LogP contribution in [-0.4, -0.2) is 30.1 Å². The first-order valence-electron chi connectivity index (χ1n) is 4.66. The van der Waals surface area contributed by atoms with Gasteiger partial charge in [0, 0.05) is 13.1 Å². The predicted molar refractivity (Wildman–Crippen MR) is 53.5 cm³/mol. The highest BCUT2D eigenvalue weighted by Crippen LogP contribution is 2.14. The van der Waals surface area contributed by atoms with Gasteiger partial charge in [0.25, 0.3) is 0 Å². The zero-order valence-electron chi connectivity index (χ0n) is 8.28. The number of rotatable bonds is 1. The lowest BCUT2D eigenvalue weighted by Gasteiger charge is -2.13. The Bertz CT molecular complexity index is 256. The van der Waals surface area contributed by atoms with Gasteiger partial charge in [-0.3, -0.25) is 0 Å². The van der Waals surface area contributed by atoms with Crippen molar-refractivity contribution in [3.8, 4) is 0 Å². The summed E-state index contributed by atoms with van der Waals surface area (Å²) in [5, 5.41) is 0. The van der Waals surface area contributed by atoms with Gasteiger partial charge in [0.1, 0.15) is 0 Å². The maximum atomic E-state index is 12.4. The van der Waals surface area contributed by atoms with Crippen LogP contribution in [0.1, 0.15) is 12.8 Å². The Kier molecular flexibility index (Phi) is 4.25. The van der Waals surface area contributed by atoms with E-state index in [4.69, 9.17) is 0 Å². The van der Waals surface area contributed by atoms with E-state index in [9.17, 15) is 4.39 Å². The van der Waals surface area contributed by atoms with Crippen LogP contribution < -0.4 is 10.6 Å². The molecule has 2 rings (SSSR count). The lowest BCUT2D eigenvalue weighted by atomic mass is 10.4. The molecule has 1 aromatic heterocycles. The first-order chi connectivity index (χ1) is 6.86. The van der Waals surface area contributed by atoms with Crippen molar-refractivity contribution in [2.45, 2.75) is 12.8 Å². The summed E-state index contributed by atoms with van der Waals surface area (Å²) < 4.78 is 12.4. The van der Waals surface area contributed by atoms with Gasteiger partial charge in [0.2, 0.25) is 5.95 Å². The summed E-state index contributed by atoms with van der Waals surface area (Å²) >= 11 is 0.